The first kappa shape index (κ1) is 16.3. The molecule has 5 nitrogen and oxygen atoms in total. The lowest BCUT2D eigenvalue weighted by atomic mass is 10.1. The first-order valence-electron chi connectivity index (χ1n) is 7.87. The third kappa shape index (κ3) is 3.88. The van der Waals surface area contributed by atoms with Crippen LogP contribution in [0.3, 0.4) is 0 Å². The zero-order valence-corrected chi connectivity index (χ0v) is 13.7. The number of rotatable bonds is 4. The van der Waals surface area contributed by atoms with Crippen LogP contribution in [0.15, 0.2) is 66.4 Å². The number of hydrogen-bond acceptors (Lipinski definition) is 4. The number of para-hydroxylation sites is 2. The average molecular weight is 328 g/mol. The van der Waals surface area contributed by atoms with Crippen LogP contribution in [0.1, 0.15) is 24.2 Å². The topological polar surface area (TPSA) is 78.7 Å². The molecule has 0 bridgehead atoms. The third-order valence-electron chi connectivity index (χ3n) is 3.77. The molecule has 0 spiro atoms. The van der Waals surface area contributed by atoms with Gasteiger partial charge in [0.05, 0.1) is 29.0 Å². The SMILES string of the molecule is C[C@H](NC(=O)/C(C#N)=C/c1cnc2ccccc2n1)c1ccccc1. The van der Waals surface area contributed by atoms with Crippen LogP contribution >= 0.6 is 0 Å². The Morgan fingerprint density at radius 3 is 2.52 bits per heavy atom. The van der Waals surface area contributed by atoms with E-state index >= 15 is 0 Å². The number of aromatic nitrogens is 2. The van der Waals surface area contributed by atoms with Crippen molar-refractivity contribution in [2.24, 2.45) is 0 Å². The minimum Gasteiger partial charge on any atom is -0.345 e. The molecule has 25 heavy (non-hydrogen) atoms. The number of amides is 1. The van der Waals surface area contributed by atoms with Gasteiger partial charge in [-0.25, -0.2) is 4.98 Å². The Kier molecular flexibility index (Phi) is 4.82. The van der Waals surface area contributed by atoms with Gasteiger partial charge in [-0.1, -0.05) is 42.5 Å². The summed E-state index contributed by atoms with van der Waals surface area (Å²) in [7, 11) is 0. The molecule has 3 aromatic rings. The molecular weight excluding hydrogens is 312 g/mol. The summed E-state index contributed by atoms with van der Waals surface area (Å²) >= 11 is 0. The summed E-state index contributed by atoms with van der Waals surface area (Å²) in [5, 5.41) is 12.2. The van der Waals surface area contributed by atoms with E-state index in [1.807, 2.05) is 67.6 Å². The van der Waals surface area contributed by atoms with Crippen molar-refractivity contribution in [1.82, 2.24) is 15.3 Å². The minimum absolute atomic E-state index is 0.00707. The van der Waals surface area contributed by atoms with E-state index in [0.29, 0.717) is 11.2 Å². The normalized spacial score (nSPS) is 12.4. The Morgan fingerprint density at radius 2 is 1.80 bits per heavy atom. The third-order valence-corrected chi connectivity index (χ3v) is 3.77. The van der Waals surface area contributed by atoms with Gasteiger partial charge in [0.15, 0.2) is 0 Å². The maximum atomic E-state index is 12.4. The van der Waals surface area contributed by atoms with E-state index in [0.717, 1.165) is 11.1 Å². The van der Waals surface area contributed by atoms with Crippen LogP contribution in [0.2, 0.25) is 0 Å². The van der Waals surface area contributed by atoms with Gasteiger partial charge < -0.3 is 5.32 Å². The van der Waals surface area contributed by atoms with E-state index in [1.54, 1.807) is 6.20 Å². The van der Waals surface area contributed by atoms with Crippen molar-refractivity contribution in [1.29, 1.82) is 5.26 Å². The fourth-order valence-corrected chi connectivity index (χ4v) is 2.44. The molecule has 0 aliphatic heterocycles. The van der Waals surface area contributed by atoms with Gasteiger partial charge in [0.25, 0.3) is 5.91 Å². The quantitative estimate of drug-likeness (QED) is 0.588. The lowest BCUT2D eigenvalue weighted by Gasteiger charge is -2.13. The van der Waals surface area contributed by atoms with Gasteiger partial charge in [0.2, 0.25) is 0 Å². The minimum atomic E-state index is -0.436. The Hall–Kier alpha value is -3.52. The first-order chi connectivity index (χ1) is 12.2. The van der Waals surface area contributed by atoms with Gasteiger partial charge >= 0.3 is 0 Å². The highest BCUT2D eigenvalue weighted by molar-refractivity contribution is 6.01. The largest absolute Gasteiger partial charge is 0.345 e. The van der Waals surface area contributed by atoms with Crippen molar-refractivity contribution in [2.75, 3.05) is 0 Å². The predicted molar refractivity (Wildman–Crippen MR) is 96.1 cm³/mol. The van der Waals surface area contributed by atoms with E-state index < -0.39 is 5.91 Å². The average Bonchev–Trinajstić information content (AvgIpc) is 2.66. The van der Waals surface area contributed by atoms with Crippen molar-refractivity contribution >= 4 is 23.0 Å². The first-order valence-corrected chi connectivity index (χ1v) is 7.87. The highest BCUT2D eigenvalue weighted by Crippen LogP contribution is 2.14. The number of carbonyl (C=O) groups excluding carboxylic acids is 1. The van der Waals surface area contributed by atoms with Crippen LogP contribution < -0.4 is 5.32 Å². The second kappa shape index (κ2) is 7.37. The van der Waals surface area contributed by atoms with Crippen LogP contribution in [-0.2, 0) is 4.79 Å². The fourth-order valence-electron chi connectivity index (χ4n) is 2.44. The highest BCUT2D eigenvalue weighted by Gasteiger charge is 2.14. The molecule has 1 heterocycles. The Morgan fingerprint density at radius 1 is 1.12 bits per heavy atom. The number of fused-ring (bicyclic) bond motifs is 1. The molecule has 1 amide bonds. The van der Waals surface area contributed by atoms with Crippen LogP contribution in [0, 0.1) is 11.3 Å². The van der Waals surface area contributed by atoms with E-state index in [9.17, 15) is 10.1 Å². The summed E-state index contributed by atoms with van der Waals surface area (Å²) in [5.74, 6) is -0.436. The van der Waals surface area contributed by atoms with Crippen molar-refractivity contribution in [3.05, 3.63) is 77.6 Å². The predicted octanol–water partition coefficient (Wildman–Crippen LogP) is 3.41. The molecule has 0 saturated heterocycles. The molecule has 1 aromatic heterocycles. The van der Waals surface area contributed by atoms with Crippen LogP contribution in [-0.4, -0.2) is 15.9 Å². The van der Waals surface area contributed by atoms with E-state index in [-0.39, 0.29) is 11.6 Å². The Balaban J connectivity index is 1.81. The van der Waals surface area contributed by atoms with Gasteiger partial charge in [0, 0.05) is 0 Å². The Labute approximate surface area is 145 Å². The molecule has 0 saturated carbocycles. The summed E-state index contributed by atoms with van der Waals surface area (Å²) < 4.78 is 0. The van der Waals surface area contributed by atoms with E-state index in [1.165, 1.54) is 6.08 Å². The van der Waals surface area contributed by atoms with Crippen molar-refractivity contribution < 1.29 is 4.79 Å². The van der Waals surface area contributed by atoms with E-state index in [4.69, 9.17) is 0 Å². The standard InChI is InChI=1S/C20H16N4O/c1-14(15-7-3-2-4-8-15)23-20(25)16(12-21)11-17-13-22-18-9-5-6-10-19(18)24-17/h2-11,13-14H,1H3,(H,23,25)/b16-11+/t14-/m0/s1. The Bertz CT molecular complexity index is 974. The fraction of sp³-hybridized carbons (Fsp3) is 0.100. The summed E-state index contributed by atoms with van der Waals surface area (Å²) in [6, 6.07) is 18.8. The smallest absolute Gasteiger partial charge is 0.262 e. The van der Waals surface area contributed by atoms with E-state index in [2.05, 4.69) is 15.3 Å². The van der Waals surface area contributed by atoms with Crippen LogP contribution in [0.5, 0.6) is 0 Å². The second-order valence-corrected chi connectivity index (χ2v) is 5.56. The number of nitrogens with zero attached hydrogens (tertiary/aromatic N) is 3. The monoisotopic (exact) mass is 328 g/mol. The summed E-state index contributed by atoms with van der Waals surface area (Å²) in [4.78, 5) is 21.1. The lowest BCUT2D eigenvalue weighted by Crippen LogP contribution is -2.27. The number of carbonyl (C=O) groups is 1. The van der Waals surface area contributed by atoms with Gasteiger partial charge in [-0.15, -0.1) is 0 Å². The molecule has 0 unspecified atom stereocenters. The molecule has 0 radical (unpaired) electrons. The zero-order chi connectivity index (χ0) is 17.6. The molecule has 0 aliphatic rings. The second-order valence-electron chi connectivity index (χ2n) is 5.56. The lowest BCUT2D eigenvalue weighted by molar-refractivity contribution is -0.117. The van der Waals surface area contributed by atoms with Crippen molar-refractivity contribution in [3.63, 3.8) is 0 Å². The summed E-state index contributed by atoms with van der Waals surface area (Å²) in [5.41, 5.74) is 2.91. The molecule has 0 fully saturated rings. The van der Waals surface area contributed by atoms with Crippen molar-refractivity contribution in [2.45, 2.75) is 13.0 Å². The molecule has 5 heteroatoms. The zero-order valence-electron chi connectivity index (χ0n) is 13.7. The maximum absolute atomic E-state index is 12.4. The summed E-state index contributed by atoms with van der Waals surface area (Å²) in [6.07, 6.45) is 3.00. The maximum Gasteiger partial charge on any atom is 0.262 e. The van der Waals surface area contributed by atoms with Crippen LogP contribution in [0.4, 0.5) is 0 Å². The highest BCUT2D eigenvalue weighted by atomic mass is 16.1. The molecule has 2 aromatic carbocycles. The van der Waals surface area contributed by atoms with Crippen molar-refractivity contribution in [3.8, 4) is 6.07 Å². The molecule has 0 aliphatic carbocycles. The van der Waals surface area contributed by atoms with Gasteiger partial charge in [-0.3, -0.25) is 9.78 Å². The summed E-state index contributed by atoms with van der Waals surface area (Å²) in [6.45, 7) is 1.87. The van der Waals surface area contributed by atoms with Crippen LogP contribution in [0.25, 0.3) is 17.1 Å². The molecular formula is C20H16N4O. The number of nitriles is 1. The molecule has 1 atom stereocenters. The number of nitrogens with one attached hydrogen (secondary N) is 1. The molecule has 3 rings (SSSR count). The molecule has 1 N–H and O–H groups in total. The van der Waals surface area contributed by atoms with Gasteiger partial charge in [-0.2, -0.15) is 5.26 Å². The number of hydrogen-bond donors (Lipinski definition) is 1. The van der Waals surface area contributed by atoms with Gasteiger partial charge in [0.1, 0.15) is 11.6 Å². The number of benzene rings is 2. The molecule has 122 valence electrons. The van der Waals surface area contributed by atoms with Gasteiger partial charge in [-0.05, 0) is 30.7 Å².